The number of thiophene rings is 1. The van der Waals surface area contributed by atoms with E-state index in [0.717, 1.165) is 9.90 Å². The molecule has 0 aromatic carbocycles. The maximum absolute atomic E-state index is 6.11. The summed E-state index contributed by atoms with van der Waals surface area (Å²) in [6, 6.07) is 2.04. The van der Waals surface area contributed by atoms with Crippen molar-refractivity contribution in [2.75, 3.05) is 26.9 Å². The summed E-state index contributed by atoms with van der Waals surface area (Å²) in [5.41, 5.74) is 0. The number of nitrogens with one attached hydrogen (secondary N) is 1. The molecule has 0 spiro atoms. The molecule has 2 unspecified atom stereocenters. The lowest BCUT2D eigenvalue weighted by atomic mass is 10.1. The molecule has 0 amide bonds. The van der Waals surface area contributed by atoms with Gasteiger partial charge in [-0.05, 0) is 18.5 Å². The average Bonchev–Trinajstić information content (AvgIpc) is 2.68. The van der Waals surface area contributed by atoms with Gasteiger partial charge in [-0.3, -0.25) is 0 Å². The second kappa shape index (κ2) is 5.27. The highest BCUT2D eigenvalue weighted by molar-refractivity contribution is 7.10. The minimum absolute atomic E-state index is 0.0555. The third-order valence-electron chi connectivity index (χ3n) is 2.45. The second-order valence-corrected chi connectivity index (χ2v) is 4.74. The number of likely N-dealkylation sites (N-methyl/N-ethyl adjacent to an activating group) is 1. The molecule has 1 aromatic rings. The van der Waals surface area contributed by atoms with Crippen LogP contribution in [0.1, 0.15) is 10.9 Å². The highest BCUT2D eigenvalue weighted by Crippen LogP contribution is 2.32. The Morgan fingerprint density at radius 3 is 3.00 bits per heavy atom. The summed E-state index contributed by atoms with van der Waals surface area (Å²) in [5.74, 6) is 0. The molecule has 0 aliphatic carbocycles. The van der Waals surface area contributed by atoms with Gasteiger partial charge < -0.3 is 14.8 Å². The summed E-state index contributed by atoms with van der Waals surface area (Å²) >= 11 is 7.75. The van der Waals surface area contributed by atoms with Gasteiger partial charge in [0.05, 0.1) is 30.9 Å². The van der Waals surface area contributed by atoms with Crippen LogP contribution in [0.5, 0.6) is 0 Å². The highest BCUT2D eigenvalue weighted by Gasteiger charge is 2.27. The van der Waals surface area contributed by atoms with E-state index in [1.54, 1.807) is 11.3 Å². The molecule has 0 saturated carbocycles. The van der Waals surface area contributed by atoms with E-state index in [0.29, 0.717) is 19.8 Å². The van der Waals surface area contributed by atoms with Crippen molar-refractivity contribution >= 4 is 22.9 Å². The second-order valence-electron chi connectivity index (χ2n) is 3.38. The zero-order valence-corrected chi connectivity index (χ0v) is 10.1. The van der Waals surface area contributed by atoms with E-state index in [9.17, 15) is 0 Å². The predicted octanol–water partition coefficient (Wildman–Crippen LogP) is 2.08. The summed E-state index contributed by atoms with van der Waals surface area (Å²) in [4.78, 5) is 1.12. The normalized spacial score (nSPS) is 24.0. The molecular formula is C10H14ClNO2S. The molecule has 2 heterocycles. The zero-order valence-electron chi connectivity index (χ0n) is 8.53. The van der Waals surface area contributed by atoms with Crippen LogP contribution in [0.2, 0.25) is 5.02 Å². The molecule has 1 fully saturated rings. The Morgan fingerprint density at radius 2 is 2.47 bits per heavy atom. The fourth-order valence-electron chi connectivity index (χ4n) is 1.71. The van der Waals surface area contributed by atoms with Crippen molar-refractivity contribution in [2.45, 2.75) is 12.1 Å². The summed E-state index contributed by atoms with van der Waals surface area (Å²) < 4.78 is 11.1. The smallest absolute Gasteiger partial charge is 0.101 e. The molecule has 84 valence electrons. The van der Waals surface area contributed by atoms with Crippen molar-refractivity contribution in [1.82, 2.24) is 5.32 Å². The molecule has 1 aliphatic rings. The molecule has 0 bridgehead atoms. The van der Waals surface area contributed by atoms with Crippen molar-refractivity contribution in [3.63, 3.8) is 0 Å². The Hall–Kier alpha value is -0.130. The quantitative estimate of drug-likeness (QED) is 0.887. The number of halogens is 1. The first kappa shape index (κ1) is 11.4. The highest BCUT2D eigenvalue weighted by atomic mass is 35.5. The molecule has 1 N–H and O–H groups in total. The molecule has 5 heteroatoms. The monoisotopic (exact) mass is 247 g/mol. The van der Waals surface area contributed by atoms with Gasteiger partial charge in [0, 0.05) is 4.88 Å². The molecular weight excluding hydrogens is 234 g/mol. The molecule has 2 atom stereocenters. The van der Waals surface area contributed by atoms with Gasteiger partial charge in [-0.2, -0.15) is 0 Å². The minimum Gasteiger partial charge on any atom is -0.376 e. The third kappa shape index (κ3) is 2.52. The molecule has 1 aromatic heterocycles. The van der Waals surface area contributed by atoms with Gasteiger partial charge >= 0.3 is 0 Å². The van der Waals surface area contributed by atoms with Gasteiger partial charge in [0.2, 0.25) is 0 Å². The van der Waals surface area contributed by atoms with E-state index in [1.165, 1.54) is 0 Å². The van der Waals surface area contributed by atoms with E-state index >= 15 is 0 Å². The summed E-state index contributed by atoms with van der Waals surface area (Å²) in [6.07, 6.45) is 0.0555. The van der Waals surface area contributed by atoms with Crippen LogP contribution in [0.4, 0.5) is 0 Å². The van der Waals surface area contributed by atoms with Crippen LogP contribution in [-0.4, -0.2) is 33.0 Å². The zero-order chi connectivity index (χ0) is 10.7. The van der Waals surface area contributed by atoms with Crippen molar-refractivity contribution in [3.8, 4) is 0 Å². The molecule has 15 heavy (non-hydrogen) atoms. The molecule has 3 nitrogen and oxygen atoms in total. The van der Waals surface area contributed by atoms with Crippen LogP contribution in [-0.2, 0) is 9.47 Å². The summed E-state index contributed by atoms with van der Waals surface area (Å²) in [6.45, 7) is 1.97. The van der Waals surface area contributed by atoms with Crippen molar-refractivity contribution < 1.29 is 9.47 Å². The van der Waals surface area contributed by atoms with Crippen molar-refractivity contribution in [2.24, 2.45) is 0 Å². The van der Waals surface area contributed by atoms with E-state index in [2.05, 4.69) is 5.32 Å². The maximum atomic E-state index is 6.11. The van der Waals surface area contributed by atoms with Crippen molar-refractivity contribution in [3.05, 3.63) is 21.3 Å². The lowest BCUT2D eigenvalue weighted by Crippen LogP contribution is -2.39. The van der Waals surface area contributed by atoms with Gasteiger partial charge in [-0.15, -0.1) is 11.3 Å². The number of hydrogen-bond acceptors (Lipinski definition) is 4. The molecule has 2 rings (SSSR count). The van der Waals surface area contributed by atoms with E-state index in [1.807, 2.05) is 18.5 Å². The van der Waals surface area contributed by atoms with Gasteiger partial charge in [-0.25, -0.2) is 0 Å². The van der Waals surface area contributed by atoms with E-state index < -0.39 is 0 Å². The fourth-order valence-corrected chi connectivity index (χ4v) is 3.05. The molecule has 1 saturated heterocycles. The Labute approximate surface area is 98.3 Å². The van der Waals surface area contributed by atoms with E-state index in [-0.39, 0.29) is 12.1 Å². The van der Waals surface area contributed by atoms with Crippen LogP contribution in [0.3, 0.4) is 0 Å². The first-order valence-electron chi connectivity index (χ1n) is 4.92. The maximum Gasteiger partial charge on any atom is 0.101 e. The average molecular weight is 248 g/mol. The van der Waals surface area contributed by atoms with Crippen molar-refractivity contribution in [1.29, 1.82) is 0 Å². The SMILES string of the molecule is CNC(c1sccc1Cl)C1COCCO1. The Balaban J connectivity index is 2.12. The predicted molar refractivity (Wildman–Crippen MR) is 61.7 cm³/mol. The van der Waals surface area contributed by atoms with Crippen LogP contribution in [0, 0.1) is 0 Å². The topological polar surface area (TPSA) is 30.5 Å². The number of ether oxygens (including phenoxy) is 2. The lowest BCUT2D eigenvalue weighted by molar-refractivity contribution is -0.101. The van der Waals surface area contributed by atoms with E-state index in [4.69, 9.17) is 21.1 Å². The molecule has 0 radical (unpaired) electrons. The molecule has 1 aliphatic heterocycles. The number of hydrogen-bond donors (Lipinski definition) is 1. The first-order chi connectivity index (χ1) is 7.33. The lowest BCUT2D eigenvalue weighted by Gasteiger charge is -2.29. The van der Waals surface area contributed by atoms with Gasteiger partial charge in [0.1, 0.15) is 6.10 Å². The van der Waals surface area contributed by atoms with Crippen LogP contribution in [0.25, 0.3) is 0 Å². The largest absolute Gasteiger partial charge is 0.376 e. The summed E-state index contributed by atoms with van der Waals surface area (Å²) in [7, 11) is 1.92. The standard InChI is InChI=1S/C10H14ClNO2S/c1-12-9(8-6-13-3-4-14-8)10-7(11)2-5-15-10/h2,5,8-9,12H,3-4,6H2,1H3. The minimum atomic E-state index is 0.0555. The summed E-state index contributed by atoms with van der Waals surface area (Å²) in [5, 5.41) is 6.03. The fraction of sp³-hybridized carbons (Fsp3) is 0.600. The number of rotatable bonds is 3. The van der Waals surface area contributed by atoms with Gasteiger partial charge in [0.15, 0.2) is 0 Å². The van der Waals surface area contributed by atoms with Gasteiger partial charge in [0.25, 0.3) is 0 Å². The van der Waals surface area contributed by atoms with Crippen LogP contribution >= 0.6 is 22.9 Å². The Kier molecular flexibility index (Phi) is 3.99. The van der Waals surface area contributed by atoms with Crippen LogP contribution < -0.4 is 5.32 Å². The van der Waals surface area contributed by atoms with Gasteiger partial charge in [-0.1, -0.05) is 11.6 Å². The Bertz CT molecular complexity index is 312. The first-order valence-corrected chi connectivity index (χ1v) is 6.18. The third-order valence-corrected chi connectivity index (χ3v) is 3.89. The Morgan fingerprint density at radius 1 is 1.60 bits per heavy atom. The van der Waals surface area contributed by atoms with Crippen LogP contribution in [0.15, 0.2) is 11.4 Å².